The third kappa shape index (κ3) is 4.67. The Balaban J connectivity index is 1.52. The molecule has 1 N–H and O–H groups in total. The molecule has 0 bridgehead atoms. The highest BCUT2D eigenvalue weighted by Crippen LogP contribution is 2.42. The summed E-state index contributed by atoms with van der Waals surface area (Å²) in [5.74, 6) is 1.04. The first-order chi connectivity index (χ1) is 13.8. The molecule has 5 heteroatoms. The van der Waals surface area contributed by atoms with Gasteiger partial charge in [0.2, 0.25) is 0 Å². The van der Waals surface area contributed by atoms with Gasteiger partial charge in [0.05, 0.1) is 12.0 Å². The summed E-state index contributed by atoms with van der Waals surface area (Å²) in [6.07, 6.45) is 6.83. The fraction of sp³-hybridized carbons (Fsp3) is 0.542. The Labute approximate surface area is 176 Å². The molecular weight excluding hydrogens is 376 g/mol. The van der Waals surface area contributed by atoms with Crippen LogP contribution < -0.4 is 0 Å². The van der Waals surface area contributed by atoms with E-state index >= 15 is 0 Å². The Kier molecular flexibility index (Phi) is 7.01. The zero-order valence-electron chi connectivity index (χ0n) is 18.8. The molecule has 0 saturated heterocycles. The molecule has 2 heterocycles. The first kappa shape index (κ1) is 21.8. The van der Waals surface area contributed by atoms with Gasteiger partial charge in [0, 0.05) is 30.2 Å². The summed E-state index contributed by atoms with van der Waals surface area (Å²) in [4.78, 5) is 8.11. The summed E-state index contributed by atoms with van der Waals surface area (Å²) in [6, 6.07) is 8.21. The standard InChI is InChI=1S/C24H36N2O2Si/c1-17(2)29(18(3)4,19(5)6)28-13-8-7-9-24-25-16-22(26-24)21-11-10-20-12-14-27-23(20)15-21/h10-12,14-19H,7-9,13H2,1-6H3,(H,25,26). The summed E-state index contributed by atoms with van der Waals surface area (Å²) in [5.41, 5.74) is 4.88. The van der Waals surface area contributed by atoms with E-state index in [9.17, 15) is 0 Å². The van der Waals surface area contributed by atoms with Gasteiger partial charge in [-0.25, -0.2) is 4.98 Å². The molecule has 29 heavy (non-hydrogen) atoms. The van der Waals surface area contributed by atoms with Crippen LogP contribution in [-0.2, 0) is 10.8 Å². The number of fused-ring (bicyclic) bond motifs is 1. The Morgan fingerprint density at radius 1 is 1.00 bits per heavy atom. The van der Waals surface area contributed by atoms with Crippen LogP contribution >= 0.6 is 0 Å². The number of aromatic nitrogens is 2. The quantitative estimate of drug-likeness (QED) is 0.280. The van der Waals surface area contributed by atoms with Crippen molar-refractivity contribution in [1.82, 2.24) is 9.97 Å². The number of H-pyrrole nitrogens is 1. The molecule has 0 aliphatic rings. The summed E-state index contributed by atoms with van der Waals surface area (Å²) < 4.78 is 12.2. The second kappa shape index (κ2) is 9.31. The minimum Gasteiger partial charge on any atom is -0.464 e. The lowest BCUT2D eigenvalue weighted by molar-refractivity contribution is 0.269. The topological polar surface area (TPSA) is 51.1 Å². The van der Waals surface area contributed by atoms with Crippen LogP contribution in [-0.4, -0.2) is 24.9 Å². The van der Waals surface area contributed by atoms with Gasteiger partial charge in [0.25, 0.3) is 0 Å². The molecule has 3 aromatic rings. The van der Waals surface area contributed by atoms with Crippen molar-refractivity contribution in [1.29, 1.82) is 0 Å². The number of rotatable bonds is 10. The van der Waals surface area contributed by atoms with E-state index in [1.54, 1.807) is 6.26 Å². The van der Waals surface area contributed by atoms with E-state index in [1.807, 2.05) is 12.3 Å². The molecule has 0 aliphatic carbocycles. The van der Waals surface area contributed by atoms with Crippen molar-refractivity contribution in [2.45, 2.75) is 77.4 Å². The molecule has 4 nitrogen and oxygen atoms in total. The average molecular weight is 413 g/mol. The number of aromatic amines is 1. The van der Waals surface area contributed by atoms with Crippen LogP contribution in [0.4, 0.5) is 0 Å². The molecule has 0 saturated carbocycles. The van der Waals surface area contributed by atoms with Crippen LogP contribution in [0.3, 0.4) is 0 Å². The molecule has 0 radical (unpaired) electrons. The van der Waals surface area contributed by atoms with Crippen LogP contribution in [0.5, 0.6) is 0 Å². The van der Waals surface area contributed by atoms with Gasteiger partial charge in [-0.15, -0.1) is 0 Å². The van der Waals surface area contributed by atoms with E-state index in [2.05, 4.69) is 64.7 Å². The molecule has 158 valence electrons. The Hall–Kier alpha value is -1.85. The largest absolute Gasteiger partial charge is 0.464 e. The molecule has 0 fully saturated rings. The SMILES string of the molecule is CC(C)[Si](OCCCCc1nc(-c2ccc3ccoc3c2)c[nH]1)(C(C)C)C(C)C. The normalized spacial score (nSPS) is 12.7. The van der Waals surface area contributed by atoms with Gasteiger partial charge in [-0.2, -0.15) is 0 Å². The molecular formula is C24H36N2O2Si. The molecule has 0 amide bonds. The van der Waals surface area contributed by atoms with Gasteiger partial charge in [-0.3, -0.25) is 0 Å². The van der Waals surface area contributed by atoms with E-state index < -0.39 is 8.32 Å². The maximum absolute atomic E-state index is 6.66. The van der Waals surface area contributed by atoms with Gasteiger partial charge in [0.1, 0.15) is 11.4 Å². The van der Waals surface area contributed by atoms with E-state index in [0.29, 0.717) is 16.6 Å². The number of nitrogens with one attached hydrogen (secondary N) is 1. The van der Waals surface area contributed by atoms with Crippen LogP contribution in [0, 0.1) is 0 Å². The van der Waals surface area contributed by atoms with Crippen LogP contribution in [0.15, 0.2) is 41.1 Å². The molecule has 0 atom stereocenters. The van der Waals surface area contributed by atoms with Gasteiger partial charge >= 0.3 is 0 Å². The summed E-state index contributed by atoms with van der Waals surface area (Å²) in [5, 5.41) is 1.12. The number of imidazole rings is 1. The number of hydrogen-bond donors (Lipinski definition) is 1. The molecule has 2 aromatic heterocycles. The number of benzene rings is 1. The third-order valence-corrected chi connectivity index (χ3v) is 12.4. The maximum Gasteiger partial charge on any atom is 0.200 e. The molecule has 3 rings (SSSR count). The fourth-order valence-electron chi connectivity index (χ4n) is 4.90. The molecule has 0 aliphatic heterocycles. The van der Waals surface area contributed by atoms with Crippen molar-refractivity contribution >= 4 is 19.3 Å². The highest BCUT2D eigenvalue weighted by atomic mass is 28.4. The summed E-state index contributed by atoms with van der Waals surface area (Å²) in [6.45, 7) is 14.9. The van der Waals surface area contributed by atoms with Crippen molar-refractivity contribution in [3.8, 4) is 11.3 Å². The lowest BCUT2D eigenvalue weighted by Crippen LogP contribution is -2.47. The highest BCUT2D eigenvalue weighted by molar-refractivity contribution is 6.77. The lowest BCUT2D eigenvalue weighted by Gasteiger charge is -2.42. The Bertz CT molecular complexity index is 889. The number of hydrogen-bond acceptors (Lipinski definition) is 3. The Morgan fingerprint density at radius 2 is 1.72 bits per heavy atom. The average Bonchev–Trinajstić information content (AvgIpc) is 3.32. The lowest BCUT2D eigenvalue weighted by atomic mass is 10.1. The first-order valence-corrected chi connectivity index (χ1v) is 13.1. The van der Waals surface area contributed by atoms with E-state index in [1.165, 1.54) is 0 Å². The fourth-order valence-corrected chi connectivity index (χ4v) is 10.4. The molecule has 0 spiro atoms. The van der Waals surface area contributed by atoms with Gasteiger partial charge in [-0.05, 0) is 41.6 Å². The van der Waals surface area contributed by atoms with Gasteiger partial charge in [0.15, 0.2) is 8.32 Å². The summed E-state index contributed by atoms with van der Waals surface area (Å²) in [7, 11) is -1.75. The van der Waals surface area contributed by atoms with Crippen molar-refractivity contribution in [3.63, 3.8) is 0 Å². The van der Waals surface area contributed by atoms with Crippen molar-refractivity contribution < 1.29 is 8.84 Å². The monoisotopic (exact) mass is 412 g/mol. The van der Waals surface area contributed by atoms with E-state index in [-0.39, 0.29) is 0 Å². The van der Waals surface area contributed by atoms with Crippen LogP contribution in [0.1, 0.15) is 60.2 Å². The molecule has 0 unspecified atom stereocenters. The number of aryl methyl sites for hydroxylation is 1. The van der Waals surface area contributed by atoms with Crippen molar-refractivity contribution in [2.24, 2.45) is 0 Å². The minimum atomic E-state index is -1.75. The predicted molar refractivity (Wildman–Crippen MR) is 124 cm³/mol. The highest BCUT2D eigenvalue weighted by Gasteiger charge is 2.44. The smallest absolute Gasteiger partial charge is 0.200 e. The van der Waals surface area contributed by atoms with E-state index in [4.69, 9.17) is 13.8 Å². The first-order valence-electron chi connectivity index (χ1n) is 11.0. The van der Waals surface area contributed by atoms with Gasteiger partial charge < -0.3 is 13.8 Å². The van der Waals surface area contributed by atoms with Crippen LogP contribution in [0.2, 0.25) is 16.6 Å². The predicted octanol–water partition coefficient (Wildman–Crippen LogP) is 7.34. The van der Waals surface area contributed by atoms with Crippen molar-refractivity contribution in [2.75, 3.05) is 6.61 Å². The second-order valence-corrected chi connectivity index (χ2v) is 14.5. The zero-order chi connectivity index (χ0) is 21.0. The number of unbranched alkanes of at least 4 members (excludes halogenated alkanes) is 1. The van der Waals surface area contributed by atoms with E-state index in [0.717, 1.165) is 53.9 Å². The second-order valence-electron chi connectivity index (χ2n) is 9.03. The van der Waals surface area contributed by atoms with Crippen LogP contribution in [0.25, 0.3) is 22.2 Å². The number of furan rings is 1. The Morgan fingerprint density at radius 3 is 2.41 bits per heavy atom. The maximum atomic E-state index is 6.66. The zero-order valence-corrected chi connectivity index (χ0v) is 19.8. The van der Waals surface area contributed by atoms with Gasteiger partial charge in [-0.1, -0.05) is 53.7 Å². The molecule has 1 aromatic carbocycles. The number of nitrogens with zero attached hydrogens (tertiary/aromatic N) is 1. The third-order valence-electron chi connectivity index (χ3n) is 6.25. The minimum absolute atomic E-state index is 0.640. The van der Waals surface area contributed by atoms with Crippen molar-refractivity contribution in [3.05, 3.63) is 42.5 Å². The summed E-state index contributed by atoms with van der Waals surface area (Å²) >= 11 is 0.